The molecule has 0 aromatic rings. The van der Waals surface area contributed by atoms with Crippen LogP contribution in [0.15, 0.2) is 12.7 Å². The lowest BCUT2D eigenvalue weighted by Crippen LogP contribution is -2.46. The van der Waals surface area contributed by atoms with E-state index >= 15 is 0 Å². The van der Waals surface area contributed by atoms with Crippen molar-refractivity contribution in [2.45, 2.75) is 44.2 Å². The van der Waals surface area contributed by atoms with Crippen molar-refractivity contribution in [1.82, 2.24) is 5.32 Å². The third-order valence-electron chi connectivity index (χ3n) is 3.33. The zero-order valence-electron chi connectivity index (χ0n) is 9.11. The Morgan fingerprint density at radius 3 is 2.33 bits per heavy atom. The molecule has 1 unspecified atom stereocenters. The molecule has 2 fully saturated rings. The number of amides is 1. The van der Waals surface area contributed by atoms with Crippen molar-refractivity contribution in [2.75, 3.05) is 0 Å². The molecule has 2 saturated carbocycles. The minimum absolute atomic E-state index is 0.00120. The van der Waals surface area contributed by atoms with E-state index in [2.05, 4.69) is 11.9 Å². The minimum atomic E-state index is -0.414. The highest BCUT2D eigenvalue weighted by atomic mass is 16.2. The van der Waals surface area contributed by atoms with Gasteiger partial charge in [-0.25, -0.2) is 0 Å². The molecular formula is C12H20N2O. The van der Waals surface area contributed by atoms with Crippen LogP contribution >= 0.6 is 0 Å². The summed E-state index contributed by atoms with van der Waals surface area (Å²) in [5.41, 5.74) is 5.73. The number of nitrogens with two attached hydrogens (primary N) is 1. The van der Waals surface area contributed by atoms with E-state index in [0.717, 1.165) is 11.8 Å². The molecule has 3 heteroatoms. The van der Waals surface area contributed by atoms with Crippen molar-refractivity contribution in [1.29, 1.82) is 0 Å². The zero-order valence-corrected chi connectivity index (χ0v) is 9.11. The largest absolute Gasteiger partial charge is 0.351 e. The lowest BCUT2D eigenvalue weighted by atomic mass is 10.1. The summed E-state index contributed by atoms with van der Waals surface area (Å²) in [4.78, 5) is 11.7. The molecule has 2 aliphatic carbocycles. The summed E-state index contributed by atoms with van der Waals surface area (Å²) in [7, 11) is 0. The summed E-state index contributed by atoms with van der Waals surface area (Å²) in [5.74, 6) is 1.47. The maximum Gasteiger partial charge on any atom is 0.237 e. The molecule has 15 heavy (non-hydrogen) atoms. The van der Waals surface area contributed by atoms with Gasteiger partial charge in [0, 0.05) is 6.04 Å². The standard InChI is InChI=1S/C12H20N2O/c1-2-3-10(13)12(15)14-11(8-4-5-8)9-6-7-9/h2,8-11H,1,3-7,13H2,(H,14,15). The maximum atomic E-state index is 11.7. The summed E-state index contributed by atoms with van der Waals surface area (Å²) in [6.07, 6.45) is 7.37. The Bertz CT molecular complexity index is 244. The lowest BCUT2D eigenvalue weighted by Gasteiger charge is -2.19. The van der Waals surface area contributed by atoms with E-state index in [0.29, 0.717) is 12.5 Å². The highest BCUT2D eigenvalue weighted by Gasteiger charge is 2.42. The first-order chi connectivity index (χ1) is 7.22. The van der Waals surface area contributed by atoms with Gasteiger partial charge in [-0.3, -0.25) is 4.79 Å². The van der Waals surface area contributed by atoms with Crippen LogP contribution in [0.1, 0.15) is 32.1 Å². The topological polar surface area (TPSA) is 55.1 Å². The van der Waals surface area contributed by atoms with Gasteiger partial charge in [-0.2, -0.15) is 0 Å². The Labute approximate surface area is 91.1 Å². The molecule has 0 bridgehead atoms. The lowest BCUT2D eigenvalue weighted by molar-refractivity contribution is -0.123. The summed E-state index contributed by atoms with van der Waals surface area (Å²) >= 11 is 0. The molecule has 0 radical (unpaired) electrons. The van der Waals surface area contributed by atoms with Crippen molar-refractivity contribution < 1.29 is 4.79 Å². The SMILES string of the molecule is C=CCC(N)C(=O)NC(C1CC1)C1CC1. The number of nitrogens with one attached hydrogen (secondary N) is 1. The van der Waals surface area contributed by atoms with Crippen LogP contribution in [-0.2, 0) is 4.79 Å². The molecule has 0 aromatic carbocycles. The fourth-order valence-corrected chi connectivity index (χ4v) is 2.09. The van der Waals surface area contributed by atoms with Gasteiger partial charge in [-0.05, 0) is 43.9 Å². The normalized spacial score (nSPS) is 22.5. The van der Waals surface area contributed by atoms with Gasteiger partial charge in [0.25, 0.3) is 0 Å². The van der Waals surface area contributed by atoms with Crippen LogP contribution in [0.25, 0.3) is 0 Å². The molecule has 3 nitrogen and oxygen atoms in total. The summed E-state index contributed by atoms with van der Waals surface area (Å²) < 4.78 is 0. The Balaban J connectivity index is 1.82. The highest BCUT2D eigenvalue weighted by molar-refractivity contribution is 5.82. The van der Waals surface area contributed by atoms with E-state index in [1.807, 2.05) is 0 Å². The first-order valence-corrected chi connectivity index (χ1v) is 5.89. The van der Waals surface area contributed by atoms with E-state index in [1.54, 1.807) is 6.08 Å². The van der Waals surface area contributed by atoms with Gasteiger partial charge in [0.1, 0.15) is 0 Å². The Morgan fingerprint density at radius 2 is 1.93 bits per heavy atom. The second-order valence-corrected chi connectivity index (χ2v) is 4.84. The van der Waals surface area contributed by atoms with Gasteiger partial charge in [-0.1, -0.05) is 6.08 Å². The number of carbonyl (C=O) groups excluding carboxylic acids is 1. The molecule has 84 valence electrons. The number of hydrogen-bond donors (Lipinski definition) is 2. The van der Waals surface area contributed by atoms with Crippen molar-refractivity contribution in [2.24, 2.45) is 17.6 Å². The number of rotatable bonds is 6. The third kappa shape index (κ3) is 2.81. The van der Waals surface area contributed by atoms with Crippen molar-refractivity contribution in [3.8, 4) is 0 Å². The van der Waals surface area contributed by atoms with E-state index in [-0.39, 0.29) is 5.91 Å². The Kier molecular flexibility index (Phi) is 3.10. The fraction of sp³-hybridized carbons (Fsp3) is 0.750. The monoisotopic (exact) mass is 208 g/mol. The average Bonchev–Trinajstić information content (AvgIpc) is 3.03. The quantitative estimate of drug-likeness (QED) is 0.644. The second kappa shape index (κ2) is 4.35. The van der Waals surface area contributed by atoms with Crippen molar-refractivity contribution in [3.05, 3.63) is 12.7 Å². The highest BCUT2D eigenvalue weighted by Crippen LogP contribution is 2.44. The Morgan fingerprint density at radius 1 is 1.40 bits per heavy atom. The number of carbonyl (C=O) groups is 1. The van der Waals surface area contributed by atoms with Gasteiger partial charge in [0.2, 0.25) is 5.91 Å². The summed E-state index contributed by atoms with van der Waals surface area (Å²) in [6.45, 7) is 3.60. The predicted molar refractivity (Wildman–Crippen MR) is 60.2 cm³/mol. The van der Waals surface area contributed by atoms with Crippen molar-refractivity contribution >= 4 is 5.91 Å². The number of hydrogen-bond acceptors (Lipinski definition) is 2. The maximum absolute atomic E-state index is 11.7. The molecule has 1 amide bonds. The minimum Gasteiger partial charge on any atom is -0.351 e. The smallest absolute Gasteiger partial charge is 0.237 e. The van der Waals surface area contributed by atoms with Gasteiger partial charge in [-0.15, -0.1) is 6.58 Å². The van der Waals surface area contributed by atoms with E-state index in [4.69, 9.17) is 5.73 Å². The molecule has 0 spiro atoms. The van der Waals surface area contributed by atoms with Gasteiger partial charge in [0.05, 0.1) is 6.04 Å². The van der Waals surface area contributed by atoms with Gasteiger partial charge < -0.3 is 11.1 Å². The van der Waals surface area contributed by atoms with Crippen LogP contribution in [0.2, 0.25) is 0 Å². The van der Waals surface area contributed by atoms with Crippen LogP contribution in [0.5, 0.6) is 0 Å². The zero-order chi connectivity index (χ0) is 10.8. The van der Waals surface area contributed by atoms with Crippen molar-refractivity contribution in [3.63, 3.8) is 0 Å². The average molecular weight is 208 g/mol. The molecular weight excluding hydrogens is 188 g/mol. The third-order valence-corrected chi connectivity index (χ3v) is 3.33. The van der Waals surface area contributed by atoms with Crippen LogP contribution in [0.3, 0.4) is 0 Å². The molecule has 0 aromatic heterocycles. The molecule has 2 rings (SSSR count). The fourth-order valence-electron chi connectivity index (χ4n) is 2.09. The molecule has 0 heterocycles. The van der Waals surface area contributed by atoms with E-state index in [9.17, 15) is 4.79 Å². The first-order valence-electron chi connectivity index (χ1n) is 5.89. The second-order valence-electron chi connectivity index (χ2n) is 4.84. The van der Waals surface area contributed by atoms with Gasteiger partial charge >= 0.3 is 0 Å². The molecule has 2 aliphatic rings. The van der Waals surface area contributed by atoms with Crippen LogP contribution < -0.4 is 11.1 Å². The first kappa shape index (κ1) is 10.7. The molecule has 1 atom stereocenters. The van der Waals surface area contributed by atoms with Crippen LogP contribution in [-0.4, -0.2) is 18.0 Å². The molecule has 0 saturated heterocycles. The molecule has 3 N–H and O–H groups in total. The van der Waals surface area contributed by atoms with Crippen LogP contribution in [0, 0.1) is 11.8 Å². The Hall–Kier alpha value is -0.830. The van der Waals surface area contributed by atoms with E-state index < -0.39 is 6.04 Å². The summed E-state index contributed by atoms with van der Waals surface area (Å²) in [5, 5.41) is 3.11. The van der Waals surface area contributed by atoms with Crippen LogP contribution in [0.4, 0.5) is 0 Å². The van der Waals surface area contributed by atoms with E-state index in [1.165, 1.54) is 25.7 Å². The predicted octanol–water partition coefficient (Wildman–Crippen LogP) is 1.19. The summed E-state index contributed by atoms with van der Waals surface area (Å²) in [6, 6.07) is -0.00383. The van der Waals surface area contributed by atoms with Gasteiger partial charge in [0.15, 0.2) is 0 Å². The molecule has 0 aliphatic heterocycles.